The van der Waals surface area contributed by atoms with E-state index in [0.717, 1.165) is 11.3 Å². The molecule has 0 bridgehead atoms. The van der Waals surface area contributed by atoms with Crippen LogP contribution in [0.3, 0.4) is 0 Å². The molecule has 1 aromatic heterocycles. The number of hydrogen-bond acceptors (Lipinski definition) is 3. The molecule has 2 rings (SSSR count). The van der Waals surface area contributed by atoms with Crippen molar-refractivity contribution in [1.82, 2.24) is 9.88 Å². The third kappa shape index (κ3) is 3.67. The van der Waals surface area contributed by atoms with Crippen molar-refractivity contribution in [3.8, 4) is 6.07 Å². The second-order valence-corrected chi connectivity index (χ2v) is 4.65. The predicted octanol–water partition coefficient (Wildman–Crippen LogP) is 2.74. The van der Waals surface area contributed by atoms with E-state index in [1.807, 2.05) is 43.3 Å². The minimum atomic E-state index is -0.769. The molecule has 1 aromatic carbocycles. The van der Waals surface area contributed by atoms with E-state index < -0.39 is 5.92 Å². The average Bonchev–Trinajstić information content (AvgIpc) is 2.55. The Morgan fingerprint density at radius 2 is 1.95 bits per heavy atom. The van der Waals surface area contributed by atoms with Crippen LogP contribution in [0.1, 0.15) is 24.1 Å². The SMILES string of the molecule is CCN(Cc1ccccn1)C(=O)C(C#N)c1ccccc1. The molecule has 0 fully saturated rings. The quantitative estimate of drug-likeness (QED) is 0.845. The molecule has 21 heavy (non-hydrogen) atoms. The summed E-state index contributed by atoms with van der Waals surface area (Å²) >= 11 is 0. The Bertz CT molecular complexity index is 619. The number of benzene rings is 1. The number of carbonyl (C=O) groups excluding carboxylic acids is 1. The van der Waals surface area contributed by atoms with Gasteiger partial charge in [0.25, 0.3) is 0 Å². The zero-order valence-corrected chi connectivity index (χ0v) is 11.9. The van der Waals surface area contributed by atoms with Crippen LogP contribution < -0.4 is 0 Å². The molecule has 1 atom stereocenters. The summed E-state index contributed by atoms with van der Waals surface area (Å²) in [4.78, 5) is 18.5. The second kappa shape index (κ2) is 7.20. The maximum atomic E-state index is 12.6. The highest BCUT2D eigenvalue weighted by molar-refractivity contribution is 5.86. The molecule has 1 unspecified atom stereocenters. The fourth-order valence-electron chi connectivity index (χ4n) is 2.13. The fraction of sp³-hybridized carbons (Fsp3) is 0.235. The van der Waals surface area contributed by atoms with Crippen LogP contribution in [-0.4, -0.2) is 22.3 Å². The van der Waals surface area contributed by atoms with Crippen molar-refractivity contribution >= 4 is 5.91 Å². The van der Waals surface area contributed by atoms with Crippen molar-refractivity contribution in [3.05, 3.63) is 66.0 Å². The van der Waals surface area contributed by atoms with Gasteiger partial charge in [-0.3, -0.25) is 9.78 Å². The Hall–Kier alpha value is -2.67. The topological polar surface area (TPSA) is 57.0 Å². The normalized spacial score (nSPS) is 11.4. The van der Waals surface area contributed by atoms with Gasteiger partial charge >= 0.3 is 0 Å². The van der Waals surface area contributed by atoms with E-state index in [-0.39, 0.29) is 5.91 Å². The third-order valence-electron chi connectivity index (χ3n) is 3.28. The number of amides is 1. The lowest BCUT2D eigenvalue weighted by molar-refractivity contribution is -0.132. The highest BCUT2D eigenvalue weighted by atomic mass is 16.2. The van der Waals surface area contributed by atoms with Crippen molar-refractivity contribution in [1.29, 1.82) is 5.26 Å². The number of likely N-dealkylation sites (N-methyl/N-ethyl adjacent to an activating group) is 1. The average molecular weight is 279 g/mol. The molecule has 0 aliphatic rings. The van der Waals surface area contributed by atoms with Crippen LogP contribution in [0.2, 0.25) is 0 Å². The van der Waals surface area contributed by atoms with Gasteiger partial charge < -0.3 is 4.90 Å². The van der Waals surface area contributed by atoms with Crippen molar-refractivity contribution in [2.24, 2.45) is 0 Å². The minimum Gasteiger partial charge on any atom is -0.336 e. The van der Waals surface area contributed by atoms with Crippen LogP contribution in [-0.2, 0) is 11.3 Å². The standard InChI is InChI=1S/C17H17N3O/c1-2-20(13-15-10-6-7-11-19-15)17(21)16(12-18)14-8-4-3-5-9-14/h3-11,16H,2,13H2,1H3. The molecule has 2 aromatic rings. The number of pyridine rings is 1. The van der Waals surface area contributed by atoms with Gasteiger partial charge in [-0.05, 0) is 24.6 Å². The van der Waals surface area contributed by atoms with Crippen molar-refractivity contribution < 1.29 is 4.79 Å². The maximum absolute atomic E-state index is 12.6. The molecule has 0 spiro atoms. The molecule has 1 amide bonds. The van der Waals surface area contributed by atoms with E-state index in [9.17, 15) is 10.1 Å². The minimum absolute atomic E-state index is 0.183. The zero-order chi connectivity index (χ0) is 15.1. The lowest BCUT2D eigenvalue weighted by Gasteiger charge is -2.23. The predicted molar refractivity (Wildman–Crippen MR) is 80.1 cm³/mol. The largest absolute Gasteiger partial charge is 0.336 e. The van der Waals surface area contributed by atoms with Crippen LogP contribution in [0.5, 0.6) is 0 Å². The smallest absolute Gasteiger partial charge is 0.244 e. The Morgan fingerprint density at radius 1 is 1.24 bits per heavy atom. The van der Waals surface area contributed by atoms with Crippen LogP contribution in [0, 0.1) is 11.3 Å². The molecule has 0 N–H and O–H groups in total. The first-order chi connectivity index (χ1) is 10.3. The van der Waals surface area contributed by atoms with Gasteiger partial charge in [-0.15, -0.1) is 0 Å². The lowest BCUT2D eigenvalue weighted by Crippen LogP contribution is -2.34. The summed E-state index contributed by atoms with van der Waals surface area (Å²) in [6.07, 6.45) is 1.70. The fourth-order valence-corrected chi connectivity index (χ4v) is 2.13. The summed E-state index contributed by atoms with van der Waals surface area (Å²) in [6, 6.07) is 16.9. The Kier molecular flexibility index (Phi) is 5.05. The molecule has 1 heterocycles. The van der Waals surface area contributed by atoms with Crippen LogP contribution >= 0.6 is 0 Å². The number of carbonyl (C=O) groups is 1. The van der Waals surface area contributed by atoms with Gasteiger partial charge in [-0.2, -0.15) is 5.26 Å². The summed E-state index contributed by atoms with van der Waals surface area (Å²) in [6.45, 7) is 2.86. The summed E-state index contributed by atoms with van der Waals surface area (Å²) < 4.78 is 0. The van der Waals surface area contributed by atoms with Gasteiger partial charge in [0.05, 0.1) is 18.3 Å². The number of nitrogens with zero attached hydrogens (tertiary/aromatic N) is 3. The number of nitriles is 1. The van der Waals surface area contributed by atoms with Gasteiger partial charge in [-0.1, -0.05) is 36.4 Å². The Balaban J connectivity index is 2.17. The Labute approximate surface area is 124 Å². The van der Waals surface area contributed by atoms with Crippen LogP contribution in [0.4, 0.5) is 0 Å². The third-order valence-corrected chi connectivity index (χ3v) is 3.28. The van der Waals surface area contributed by atoms with Crippen LogP contribution in [0.25, 0.3) is 0 Å². The van der Waals surface area contributed by atoms with Crippen LogP contribution in [0.15, 0.2) is 54.7 Å². The molecule has 0 aliphatic carbocycles. The number of hydrogen-bond donors (Lipinski definition) is 0. The van der Waals surface area contributed by atoms with Crippen molar-refractivity contribution in [3.63, 3.8) is 0 Å². The number of rotatable bonds is 5. The molecule has 4 heteroatoms. The van der Waals surface area contributed by atoms with E-state index in [2.05, 4.69) is 11.1 Å². The van der Waals surface area contributed by atoms with Crippen molar-refractivity contribution in [2.45, 2.75) is 19.4 Å². The maximum Gasteiger partial charge on any atom is 0.244 e. The number of aromatic nitrogens is 1. The molecule has 0 radical (unpaired) electrons. The Morgan fingerprint density at radius 3 is 2.52 bits per heavy atom. The highest BCUT2D eigenvalue weighted by Gasteiger charge is 2.25. The summed E-state index contributed by atoms with van der Waals surface area (Å²) in [5.41, 5.74) is 1.54. The molecule has 0 aliphatic heterocycles. The van der Waals surface area contributed by atoms with Gasteiger partial charge in [0.1, 0.15) is 5.92 Å². The zero-order valence-electron chi connectivity index (χ0n) is 11.9. The van der Waals surface area contributed by atoms with Gasteiger partial charge in [0, 0.05) is 12.7 Å². The van der Waals surface area contributed by atoms with Crippen molar-refractivity contribution in [2.75, 3.05) is 6.54 Å². The van der Waals surface area contributed by atoms with E-state index >= 15 is 0 Å². The molecule has 106 valence electrons. The monoisotopic (exact) mass is 279 g/mol. The first-order valence-electron chi connectivity index (χ1n) is 6.89. The highest BCUT2D eigenvalue weighted by Crippen LogP contribution is 2.18. The van der Waals surface area contributed by atoms with E-state index in [1.54, 1.807) is 23.2 Å². The molecule has 0 saturated heterocycles. The molecule has 4 nitrogen and oxygen atoms in total. The lowest BCUT2D eigenvalue weighted by atomic mass is 9.99. The molecule has 0 saturated carbocycles. The van der Waals surface area contributed by atoms with E-state index in [1.165, 1.54) is 0 Å². The molecular formula is C17H17N3O. The van der Waals surface area contributed by atoms with Gasteiger partial charge in [-0.25, -0.2) is 0 Å². The second-order valence-electron chi connectivity index (χ2n) is 4.65. The summed E-state index contributed by atoms with van der Waals surface area (Å²) in [5, 5.41) is 9.35. The first kappa shape index (κ1) is 14.7. The van der Waals surface area contributed by atoms with E-state index in [0.29, 0.717) is 13.1 Å². The summed E-state index contributed by atoms with van der Waals surface area (Å²) in [7, 11) is 0. The van der Waals surface area contributed by atoms with Gasteiger partial charge in [0.2, 0.25) is 5.91 Å². The first-order valence-corrected chi connectivity index (χ1v) is 6.89. The summed E-state index contributed by atoms with van der Waals surface area (Å²) in [5.74, 6) is -0.952. The molecular weight excluding hydrogens is 262 g/mol. The van der Waals surface area contributed by atoms with E-state index in [4.69, 9.17) is 0 Å². The van der Waals surface area contributed by atoms with Gasteiger partial charge in [0.15, 0.2) is 0 Å².